The molecule has 0 radical (unpaired) electrons. The fourth-order valence-electron chi connectivity index (χ4n) is 1.74. The van der Waals surface area contributed by atoms with Crippen molar-refractivity contribution in [1.29, 1.82) is 0 Å². The van der Waals surface area contributed by atoms with E-state index in [2.05, 4.69) is 5.32 Å². The van der Waals surface area contributed by atoms with Gasteiger partial charge >= 0.3 is 12.1 Å². The van der Waals surface area contributed by atoms with Crippen molar-refractivity contribution in [3.05, 3.63) is 0 Å². The van der Waals surface area contributed by atoms with Crippen LogP contribution in [0.15, 0.2) is 0 Å². The molecule has 0 aromatic rings. The molecule has 1 saturated heterocycles. The quantitative estimate of drug-likeness (QED) is 0.803. The maximum Gasteiger partial charge on any atom is 0.407 e. The second-order valence-electron chi connectivity index (χ2n) is 5.40. The first-order valence-corrected chi connectivity index (χ1v) is 6.13. The lowest BCUT2D eigenvalue weighted by Crippen LogP contribution is -2.42. The van der Waals surface area contributed by atoms with Crippen molar-refractivity contribution in [1.82, 2.24) is 5.32 Å². The number of carboxylic acids is 1. The second kappa shape index (κ2) is 6.04. The molecule has 0 aliphatic carbocycles. The summed E-state index contributed by atoms with van der Waals surface area (Å²) in [6, 6.07) is 0. The molecule has 0 aromatic heterocycles. The van der Waals surface area contributed by atoms with Gasteiger partial charge in [0.2, 0.25) is 0 Å². The predicted octanol–water partition coefficient (Wildman–Crippen LogP) is 1.53. The molecule has 1 amide bonds. The highest BCUT2D eigenvalue weighted by Crippen LogP contribution is 2.18. The van der Waals surface area contributed by atoms with E-state index >= 15 is 0 Å². The van der Waals surface area contributed by atoms with Crippen LogP contribution in [-0.4, -0.2) is 41.5 Å². The van der Waals surface area contributed by atoms with Gasteiger partial charge in [-0.1, -0.05) is 0 Å². The molecule has 0 spiro atoms. The smallest absolute Gasteiger partial charge is 0.407 e. The molecular formula is C12H21NO5. The monoisotopic (exact) mass is 259 g/mol. The Labute approximate surface area is 107 Å². The third kappa shape index (κ3) is 5.35. The summed E-state index contributed by atoms with van der Waals surface area (Å²) in [6.07, 6.45) is 0.537. The largest absolute Gasteiger partial charge is 0.479 e. The van der Waals surface area contributed by atoms with Crippen molar-refractivity contribution in [3.63, 3.8) is 0 Å². The molecule has 18 heavy (non-hydrogen) atoms. The SMILES string of the molecule is CC(C)(C)OC(=O)NC[C@H]1CCC[C@@H](C(=O)O)O1. The molecule has 2 atom stereocenters. The molecule has 0 saturated carbocycles. The number of aliphatic carboxylic acids is 1. The summed E-state index contributed by atoms with van der Waals surface area (Å²) in [6.45, 7) is 5.62. The molecule has 0 aromatic carbocycles. The van der Waals surface area contributed by atoms with Crippen LogP contribution in [-0.2, 0) is 14.3 Å². The van der Waals surface area contributed by atoms with E-state index in [1.807, 2.05) is 0 Å². The maximum atomic E-state index is 11.4. The summed E-state index contributed by atoms with van der Waals surface area (Å²) in [4.78, 5) is 22.2. The molecule has 0 unspecified atom stereocenters. The number of amides is 1. The lowest BCUT2D eigenvalue weighted by atomic mass is 10.0. The molecular weight excluding hydrogens is 238 g/mol. The topological polar surface area (TPSA) is 84.9 Å². The number of carboxylic acid groups (broad SMARTS) is 1. The lowest BCUT2D eigenvalue weighted by Gasteiger charge is -2.28. The van der Waals surface area contributed by atoms with Gasteiger partial charge in [0.05, 0.1) is 6.10 Å². The molecule has 6 nitrogen and oxygen atoms in total. The van der Waals surface area contributed by atoms with Crippen molar-refractivity contribution >= 4 is 12.1 Å². The average Bonchev–Trinajstić information content (AvgIpc) is 2.24. The summed E-state index contributed by atoms with van der Waals surface area (Å²) in [7, 11) is 0. The number of hydrogen-bond acceptors (Lipinski definition) is 4. The second-order valence-corrected chi connectivity index (χ2v) is 5.40. The van der Waals surface area contributed by atoms with Gasteiger partial charge in [-0.15, -0.1) is 0 Å². The van der Waals surface area contributed by atoms with Crippen LogP contribution in [0.25, 0.3) is 0 Å². The van der Waals surface area contributed by atoms with E-state index in [0.717, 1.165) is 12.8 Å². The molecule has 1 heterocycles. The van der Waals surface area contributed by atoms with Gasteiger partial charge in [0, 0.05) is 6.54 Å². The first-order chi connectivity index (χ1) is 8.28. The lowest BCUT2D eigenvalue weighted by molar-refractivity contribution is -0.158. The van der Waals surface area contributed by atoms with Gasteiger partial charge in [0.1, 0.15) is 5.60 Å². The van der Waals surface area contributed by atoms with Crippen LogP contribution in [0.3, 0.4) is 0 Å². The summed E-state index contributed by atoms with van der Waals surface area (Å²) in [5, 5.41) is 11.4. The van der Waals surface area contributed by atoms with Crippen LogP contribution in [0.5, 0.6) is 0 Å². The van der Waals surface area contributed by atoms with Gasteiger partial charge in [-0.25, -0.2) is 9.59 Å². The minimum absolute atomic E-state index is 0.257. The molecule has 2 N–H and O–H groups in total. The Balaban J connectivity index is 2.31. The molecule has 1 fully saturated rings. The van der Waals surface area contributed by atoms with Gasteiger partial charge < -0.3 is 19.9 Å². The highest BCUT2D eigenvalue weighted by molar-refractivity contribution is 5.72. The predicted molar refractivity (Wildman–Crippen MR) is 64.4 cm³/mol. The summed E-state index contributed by atoms with van der Waals surface area (Å²) >= 11 is 0. The van der Waals surface area contributed by atoms with Crippen LogP contribution in [0.1, 0.15) is 40.0 Å². The van der Waals surface area contributed by atoms with Crippen molar-refractivity contribution in [2.24, 2.45) is 0 Å². The van der Waals surface area contributed by atoms with Crippen LogP contribution in [0, 0.1) is 0 Å². The Bertz CT molecular complexity index is 310. The van der Waals surface area contributed by atoms with E-state index in [1.54, 1.807) is 20.8 Å². The molecule has 1 aliphatic rings. The van der Waals surface area contributed by atoms with Gasteiger partial charge in [0.15, 0.2) is 6.10 Å². The normalized spacial score (nSPS) is 24.4. The highest BCUT2D eigenvalue weighted by atomic mass is 16.6. The first-order valence-electron chi connectivity index (χ1n) is 6.13. The number of nitrogens with one attached hydrogen (secondary N) is 1. The number of ether oxygens (including phenoxy) is 2. The Hall–Kier alpha value is -1.30. The summed E-state index contributed by atoms with van der Waals surface area (Å²) < 4.78 is 10.4. The zero-order valence-electron chi connectivity index (χ0n) is 11.1. The fourth-order valence-corrected chi connectivity index (χ4v) is 1.74. The molecule has 1 rings (SSSR count). The van der Waals surface area contributed by atoms with E-state index in [0.29, 0.717) is 6.42 Å². The van der Waals surface area contributed by atoms with E-state index < -0.39 is 23.8 Å². The fraction of sp³-hybridized carbons (Fsp3) is 0.833. The van der Waals surface area contributed by atoms with E-state index in [1.165, 1.54) is 0 Å². The third-order valence-corrected chi connectivity index (χ3v) is 2.50. The highest BCUT2D eigenvalue weighted by Gasteiger charge is 2.28. The van der Waals surface area contributed by atoms with Gasteiger partial charge in [0.25, 0.3) is 0 Å². The van der Waals surface area contributed by atoms with Crippen LogP contribution >= 0.6 is 0 Å². The van der Waals surface area contributed by atoms with E-state index in [-0.39, 0.29) is 12.6 Å². The Morgan fingerprint density at radius 3 is 2.61 bits per heavy atom. The van der Waals surface area contributed by atoms with Crippen LogP contribution in [0.2, 0.25) is 0 Å². The molecule has 1 aliphatic heterocycles. The van der Waals surface area contributed by atoms with Gasteiger partial charge in [-0.05, 0) is 40.0 Å². The zero-order chi connectivity index (χ0) is 13.8. The van der Waals surface area contributed by atoms with Crippen molar-refractivity contribution in [2.75, 3.05) is 6.54 Å². The Kier molecular flexibility index (Phi) is 4.95. The van der Waals surface area contributed by atoms with Crippen LogP contribution in [0.4, 0.5) is 4.79 Å². The summed E-state index contributed by atoms with van der Waals surface area (Å²) in [5.41, 5.74) is -0.541. The van der Waals surface area contributed by atoms with Crippen molar-refractivity contribution in [2.45, 2.75) is 57.8 Å². The number of carbonyl (C=O) groups excluding carboxylic acids is 1. The molecule has 0 bridgehead atoms. The molecule has 104 valence electrons. The number of rotatable bonds is 3. The third-order valence-electron chi connectivity index (χ3n) is 2.50. The standard InChI is InChI=1S/C12H21NO5/c1-12(2,3)18-11(16)13-7-8-5-4-6-9(17-8)10(14)15/h8-9H,4-7H2,1-3H3,(H,13,16)(H,14,15)/t8-,9+/m1/s1. The first kappa shape index (κ1) is 14.8. The maximum absolute atomic E-state index is 11.4. The average molecular weight is 259 g/mol. The minimum Gasteiger partial charge on any atom is -0.479 e. The number of alkyl carbamates (subject to hydrolysis) is 1. The van der Waals surface area contributed by atoms with Crippen molar-refractivity contribution in [3.8, 4) is 0 Å². The minimum atomic E-state index is -0.947. The summed E-state index contributed by atoms with van der Waals surface area (Å²) in [5.74, 6) is -0.947. The Morgan fingerprint density at radius 1 is 1.39 bits per heavy atom. The molecule has 6 heteroatoms. The van der Waals surface area contributed by atoms with E-state index in [9.17, 15) is 9.59 Å². The number of carbonyl (C=O) groups is 2. The van der Waals surface area contributed by atoms with Gasteiger partial charge in [-0.2, -0.15) is 0 Å². The van der Waals surface area contributed by atoms with E-state index in [4.69, 9.17) is 14.6 Å². The van der Waals surface area contributed by atoms with Crippen molar-refractivity contribution < 1.29 is 24.2 Å². The van der Waals surface area contributed by atoms with Gasteiger partial charge in [-0.3, -0.25) is 0 Å². The number of hydrogen-bond donors (Lipinski definition) is 2. The van der Waals surface area contributed by atoms with Crippen LogP contribution < -0.4 is 5.32 Å². The zero-order valence-corrected chi connectivity index (χ0v) is 11.1. The Morgan fingerprint density at radius 2 is 2.06 bits per heavy atom.